The molecule has 0 unspecified atom stereocenters. The Morgan fingerprint density at radius 2 is 2.21 bits per heavy atom. The van der Waals surface area contributed by atoms with Gasteiger partial charge in [-0.3, -0.25) is 9.59 Å². The molecule has 0 aliphatic carbocycles. The van der Waals surface area contributed by atoms with Crippen molar-refractivity contribution in [2.75, 3.05) is 6.61 Å². The molecule has 3 heterocycles. The number of rotatable bonds is 3. The molecule has 0 fully saturated rings. The van der Waals surface area contributed by atoms with Gasteiger partial charge in [0.05, 0.1) is 24.4 Å². The lowest BCUT2D eigenvalue weighted by atomic mass is 10.2. The van der Waals surface area contributed by atoms with Crippen LogP contribution in [0.3, 0.4) is 0 Å². The van der Waals surface area contributed by atoms with E-state index < -0.39 is 23.2 Å². The summed E-state index contributed by atoms with van der Waals surface area (Å²) in [4.78, 5) is 25.1. The number of aryl methyl sites for hydroxylation is 1. The molecule has 0 saturated heterocycles. The number of aromatic amines is 1. The topological polar surface area (TPSA) is 89.0 Å². The quantitative estimate of drug-likeness (QED) is 0.880. The summed E-state index contributed by atoms with van der Waals surface area (Å²) < 4.78 is 45.1. The number of carbonyl (C=O) groups excluding carboxylic acids is 1. The monoisotopic (exact) mass is 342 g/mol. The average molecular weight is 342 g/mol. The van der Waals surface area contributed by atoms with Crippen LogP contribution in [0.4, 0.5) is 13.2 Å². The van der Waals surface area contributed by atoms with Crippen LogP contribution in [0, 0.1) is 0 Å². The van der Waals surface area contributed by atoms with Gasteiger partial charge in [0.1, 0.15) is 5.56 Å². The number of H-pyrrole nitrogens is 1. The SMILES string of the molecule is O=C(NCc1cc2n(n1)CCCO2)c1c[nH]c(=O)c(C(F)(F)F)c1. The molecule has 2 aromatic heterocycles. The van der Waals surface area contributed by atoms with Crippen molar-refractivity contribution in [3.8, 4) is 5.88 Å². The second kappa shape index (κ2) is 6.02. The van der Waals surface area contributed by atoms with Gasteiger partial charge in [0.25, 0.3) is 11.5 Å². The van der Waals surface area contributed by atoms with Gasteiger partial charge in [0.2, 0.25) is 5.88 Å². The summed E-state index contributed by atoms with van der Waals surface area (Å²) in [6.07, 6.45) is -3.06. The number of amides is 1. The van der Waals surface area contributed by atoms with Gasteiger partial charge in [-0.05, 0) is 6.07 Å². The van der Waals surface area contributed by atoms with Crippen molar-refractivity contribution in [1.82, 2.24) is 20.1 Å². The zero-order valence-electron chi connectivity index (χ0n) is 12.3. The summed E-state index contributed by atoms with van der Waals surface area (Å²) in [6.45, 7) is 1.33. The maximum atomic E-state index is 12.7. The fourth-order valence-electron chi connectivity index (χ4n) is 2.30. The van der Waals surface area contributed by atoms with Crippen LogP contribution in [0.15, 0.2) is 23.1 Å². The van der Waals surface area contributed by atoms with Gasteiger partial charge in [-0.2, -0.15) is 18.3 Å². The van der Waals surface area contributed by atoms with E-state index in [1.165, 1.54) is 0 Å². The summed E-state index contributed by atoms with van der Waals surface area (Å²) in [5, 5.41) is 6.69. The van der Waals surface area contributed by atoms with Crippen molar-refractivity contribution in [3.63, 3.8) is 0 Å². The molecule has 3 rings (SSSR count). The fraction of sp³-hybridized carbons (Fsp3) is 0.357. The first-order valence-electron chi connectivity index (χ1n) is 7.12. The molecule has 2 N–H and O–H groups in total. The molecule has 7 nitrogen and oxygen atoms in total. The first kappa shape index (κ1) is 16.1. The molecule has 10 heteroatoms. The molecule has 0 aromatic carbocycles. The van der Waals surface area contributed by atoms with Crippen LogP contribution in [-0.2, 0) is 19.3 Å². The number of pyridine rings is 1. The minimum absolute atomic E-state index is 0.0304. The Hall–Kier alpha value is -2.78. The first-order chi connectivity index (χ1) is 11.3. The molecule has 1 aliphatic rings. The minimum Gasteiger partial charge on any atom is -0.478 e. The van der Waals surface area contributed by atoms with Crippen LogP contribution >= 0.6 is 0 Å². The number of halogens is 3. The Balaban J connectivity index is 1.71. The van der Waals surface area contributed by atoms with Crippen LogP contribution in [0.25, 0.3) is 0 Å². The summed E-state index contributed by atoms with van der Waals surface area (Å²) in [7, 11) is 0. The van der Waals surface area contributed by atoms with Crippen molar-refractivity contribution in [2.24, 2.45) is 0 Å². The highest BCUT2D eigenvalue weighted by Gasteiger charge is 2.34. The van der Waals surface area contributed by atoms with Crippen molar-refractivity contribution in [2.45, 2.75) is 25.7 Å². The lowest BCUT2D eigenvalue weighted by molar-refractivity contribution is -0.138. The number of nitrogens with zero attached hydrogens (tertiary/aromatic N) is 2. The van der Waals surface area contributed by atoms with Gasteiger partial charge >= 0.3 is 6.18 Å². The van der Waals surface area contributed by atoms with E-state index in [0.29, 0.717) is 30.8 Å². The summed E-state index contributed by atoms with van der Waals surface area (Å²) in [6, 6.07) is 2.18. The van der Waals surface area contributed by atoms with E-state index >= 15 is 0 Å². The number of hydrogen-bond acceptors (Lipinski definition) is 4. The standard InChI is InChI=1S/C14H13F3N4O3/c15-14(16,17)10-4-8(6-18-13(10)23)12(22)19-7-9-5-11-21(20-9)2-1-3-24-11/h4-6H,1-3,7H2,(H,18,23)(H,19,22). The highest BCUT2D eigenvalue weighted by molar-refractivity contribution is 5.93. The lowest BCUT2D eigenvalue weighted by Crippen LogP contribution is -2.27. The lowest BCUT2D eigenvalue weighted by Gasteiger charge is -2.13. The van der Waals surface area contributed by atoms with Gasteiger partial charge in [0, 0.05) is 25.2 Å². The number of alkyl halides is 3. The van der Waals surface area contributed by atoms with Crippen LogP contribution < -0.4 is 15.6 Å². The molecule has 24 heavy (non-hydrogen) atoms. The highest BCUT2D eigenvalue weighted by atomic mass is 19.4. The van der Waals surface area contributed by atoms with Crippen molar-refractivity contribution in [1.29, 1.82) is 0 Å². The summed E-state index contributed by atoms with van der Waals surface area (Å²) in [5.74, 6) is -0.155. The Bertz CT molecular complexity index is 802. The van der Waals surface area contributed by atoms with Gasteiger partial charge in [0.15, 0.2) is 0 Å². The molecular weight excluding hydrogens is 329 g/mol. The van der Waals surface area contributed by atoms with Crippen molar-refractivity contribution < 1.29 is 22.7 Å². The molecule has 0 saturated carbocycles. The Kier molecular flexibility index (Phi) is 4.04. The number of nitrogens with one attached hydrogen (secondary N) is 2. The third-order valence-electron chi connectivity index (χ3n) is 3.46. The maximum absolute atomic E-state index is 12.7. The number of fused-ring (bicyclic) bond motifs is 1. The predicted octanol–water partition coefficient (Wildman–Crippen LogP) is 1.30. The van der Waals surface area contributed by atoms with E-state index in [9.17, 15) is 22.8 Å². The van der Waals surface area contributed by atoms with Gasteiger partial charge < -0.3 is 15.0 Å². The molecule has 1 amide bonds. The third-order valence-corrected chi connectivity index (χ3v) is 3.46. The second-order valence-electron chi connectivity index (χ2n) is 5.21. The highest BCUT2D eigenvalue weighted by Crippen LogP contribution is 2.26. The average Bonchev–Trinajstić information content (AvgIpc) is 2.94. The zero-order chi connectivity index (χ0) is 17.3. The third kappa shape index (κ3) is 3.26. The number of ether oxygens (including phenoxy) is 1. The van der Waals surface area contributed by atoms with Crippen LogP contribution in [0.1, 0.15) is 28.0 Å². The summed E-state index contributed by atoms with van der Waals surface area (Å²) >= 11 is 0. The molecular formula is C14H13F3N4O3. The number of hydrogen-bond donors (Lipinski definition) is 2. The molecule has 0 bridgehead atoms. The summed E-state index contributed by atoms with van der Waals surface area (Å²) in [5.41, 5.74) is -2.47. The number of aromatic nitrogens is 3. The molecule has 0 atom stereocenters. The van der Waals surface area contributed by atoms with E-state index in [4.69, 9.17) is 4.74 Å². The fourth-order valence-corrected chi connectivity index (χ4v) is 2.30. The van der Waals surface area contributed by atoms with Crippen LogP contribution in [-0.4, -0.2) is 27.3 Å². The molecule has 2 aromatic rings. The molecule has 128 valence electrons. The van der Waals surface area contributed by atoms with E-state index in [2.05, 4.69) is 10.4 Å². The minimum atomic E-state index is -4.83. The van der Waals surface area contributed by atoms with Gasteiger partial charge in [-0.1, -0.05) is 0 Å². The Labute approximate surface area is 133 Å². The van der Waals surface area contributed by atoms with E-state index in [-0.39, 0.29) is 12.1 Å². The largest absolute Gasteiger partial charge is 0.478 e. The molecule has 0 spiro atoms. The Morgan fingerprint density at radius 3 is 2.92 bits per heavy atom. The number of carbonyl (C=O) groups is 1. The van der Waals surface area contributed by atoms with E-state index in [0.717, 1.165) is 12.6 Å². The first-order valence-corrected chi connectivity index (χ1v) is 7.12. The smallest absolute Gasteiger partial charge is 0.421 e. The normalized spacial score (nSPS) is 14.0. The molecule has 1 aliphatic heterocycles. The van der Waals surface area contributed by atoms with Gasteiger partial charge in [-0.15, -0.1) is 0 Å². The van der Waals surface area contributed by atoms with E-state index in [1.807, 2.05) is 4.98 Å². The van der Waals surface area contributed by atoms with Crippen molar-refractivity contribution in [3.05, 3.63) is 45.5 Å². The van der Waals surface area contributed by atoms with E-state index in [1.54, 1.807) is 10.7 Å². The van der Waals surface area contributed by atoms with Crippen LogP contribution in [0.2, 0.25) is 0 Å². The second-order valence-corrected chi connectivity index (χ2v) is 5.21. The zero-order valence-corrected chi connectivity index (χ0v) is 12.3. The molecule has 0 radical (unpaired) electrons. The predicted molar refractivity (Wildman–Crippen MR) is 75.6 cm³/mol. The van der Waals surface area contributed by atoms with Crippen molar-refractivity contribution >= 4 is 5.91 Å². The Morgan fingerprint density at radius 1 is 1.42 bits per heavy atom. The van der Waals surface area contributed by atoms with Crippen LogP contribution in [0.5, 0.6) is 5.88 Å². The maximum Gasteiger partial charge on any atom is 0.421 e. The van der Waals surface area contributed by atoms with Gasteiger partial charge in [-0.25, -0.2) is 4.68 Å².